The number of aliphatic hydroxyl groups excluding tert-OH is 3. The predicted molar refractivity (Wildman–Crippen MR) is 95.2 cm³/mol. The molecule has 5 N–H and O–H groups in total. The Morgan fingerprint density at radius 2 is 1.96 bits per heavy atom. The molecule has 1 saturated heterocycles. The Morgan fingerprint density at radius 3 is 2.68 bits per heavy atom. The highest BCUT2D eigenvalue weighted by molar-refractivity contribution is 5.82. The van der Waals surface area contributed by atoms with Gasteiger partial charge in [-0.25, -0.2) is 4.98 Å². The topological polar surface area (TPSA) is 177 Å². The van der Waals surface area contributed by atoms with Crippen LogP contribution in [0.3, 0.4) is 0 Å². The highest BCUT2D eigenvalue weighted by Gasteiger charge is 2.44. The van der Waals surface area contributed by atoms with Crippen molar-refractivity contribution < 1.29 is 20.1 Å². The Bertz CT molecular complexity index is 995. The number of hydrogen-bond acceptors (Lipinski definition) is 11. The molecule has 28 heavy (non-hydrogen) atoms. The Labute approximate surface area is 158 Å². The van der Waals surface area contributed by atoms with Gasteiger partial charge in [0, 0.05) is 12.4 Å². The molecule has 12 heteroatoms. The molecule has 1 aliphatic heterocycles. The average Bonchev–Trinajstić information content (AvgIpc) is 3.24. The molecule has 0 saturated carbocycles. The standard InChI is InChI=1S/C16H18N8O4/c17-13-10-14(22-16(21-13)23-20-5-8-1-3-18-4-2-8)24(7-19-10)15-12(27)11(26)9(6-25)28-15/h1-4,7,9,11-12,15,25-27H,5-6H2,(H2,17,21,22)/t9-,11-,12-,15?/m1/s1. The van der Waals surface area contributed by atoms with Crippen LogP contribution in [0.2, 0.25) is 0 Å². The van der Waals surface area contributed by atoms with Crippen molar-refractivity contribution in [2.24, 2.45) is 10.2 Å². The lowest BCUT2D eigenvalue weighted by atomic mass is 10.1. The van der Waals surface area contributed by atoms with E-state index in [-0.39, 0.29) is 17.4 Å². The molecule has 12 nitrogen and oxygen atoms in total. The second-order valence-corrected chi connectivity index (χ2v) is 6.22. The second kappa shape index (κ2) is 7.52. The summed E-state index contributed by atoms with van der Waals surface area (Å²) in [5.74, 6) is 0.112. The number of imidazole rings is 1. The van der Waals surface area contributed by atoms with Crippen LogP contribution in [0.25, 0.3) is 11.2 Å². The van der Waals surface area contributed by atoms with Crippen LogP contribution in [0.1, 0.15) is 11.8 Å². The Hall–Kier alpha value is -3.06. The van der Waals surface area contributed by atoms with Crippen LogP contribution in [0.4, 0.5) is 11.8 Å². The lowest BCUT2D eigenvalue weighted by Crippen LogP contribution is -2.33. The first kappa shape index (κ1) is 18.3. The van der Waals surface area contributed by atoms with Crippen molar-refractivity contribution >= 4 is 22.9 Å². The molecular weight excluding hydrogens is 368 g/mol. The first-order valence-corrected chi connectivity index (χ1v) is 8.47. The number of aliphatic hydroxyl groups is 3. The maximum atomic E-state index is 10.2. The minimum absolute atomic E-state index is 0.0209. The quantitative estimate of drug-likeness (QED) is 0.428. The molecule has 1 unspecified atom stereocenters. The molecule has 1 aliphatic rings. The fourth-order valence-corrected chi connectivity index (χ4v) is 2.94. The summed E-state index contributed by atoms with van der Waals surface area (Å²) < 4.78 is 6.93. The molecular formula is C16H18N8O4. The molecule has 146 valence electrons. The van der Waals surface area contributed by atoms with Crippen molar-refractivity contribution in [3.05, 3.63) is 36.4 Å². The summed E-state index contributed by atoms with van der Waals surface area (Å²) in [5.41, 5.74) is 7.42. The van der Waals surface area contributed by atoms with Gasteiger partial charge in [-0.2, -0.15) is 15.1 Å². The molecule has 3 aromatic heterocycles. The normalized spacial score (nSPS) is 25.1. The van der Waals surface area contributed by atoms with Gasteiger partial charge in [0.05, 0.1) is 19.5 Å². The van der Waals surface area contributed by atoms with Crippen molar-refractivity contribution in [1.29, 1.82) is 0 Å². The predicted octanol–water partition coefficient (Wildman–Crippen LogP) is -0.301. The first-order valence-electron chi connectivity index (χ1n) is 8.47. The van der Waals surface area contributed by atoms with Gasteiger partial charge >= 0.3 is 0 Å². The monoisotopic (exact) mass is 386 g/mol. The third-order valence-corrected chi connectivity index (χ3v) is 4.39. The van der Waals surface area contributed by atoms with Crippen LogP contribution in [-0.2, 0) is 11.3 Å². The molecule has 0 amide bonds. The summed E-state index contributed by atoms with van der Waals surface area (Å²) in [6.07, 6.45) is 0.252. The minimum Gasteiger partial charge on any atom is -0.394 e. The molecule has 4 heterocycles. The third kappa shape index (κ3) is 3.29. The van der Waals surface area contributed by atoms with Crippen molar-refractivity contribution in [2.45, 2.75) is 31.1 Å². The lowest BCUT2D eigenvalue weighted by Gasteiger charge is -2.16. The first-order chi connectivity index (χ1) is 13.6. The zero-order valence-electron chi connectivity index (χ0n) is 14.6. The molecule has 0 spiro atoms. The molecule has 0 aliphatic carbocycles. The lowest BCUT2D eigenvalue weighted by molar-refractivity contribution is -0.0511. The number of fused-ring (bicyclic) bond motifs is 1. The van der Waals surface area contributed by atoms with Crippen molar-refractivity contribution in [3.63, 3.8) is 0 Å². The van der Waals surface area contributed by atoms with Crippen LogP contribution in [0.15, 0.2) is 41.1 Å². The summed E-state index contributed by atoms with van der Waals surface area (Å²) in [4.78, 5) is 16.4. The summed E-state index contributed by atoms with van der Waals surface area (Å²) >= 11 is 0. The van der Waals surface area contributed by atoms with Crippen molar-refractivity contribution in [1.82, 2.24) is 24.5 Å². The summed E-state index contributed by atoms with van der Waals surface area (Å²) in [6, 6.07) is 3.63. The van der Waals surface area contributed by atoms with Crippen LogP contribution >= 0.6 is 0 Å². The molecule has 1 fully saturated rings. The van der Waals surface area contributed by atoms with Gasteiger partial charge < -0.3 is 25.8 Å². The van der Waals surface area contributed by atoms with E-state index < -0.39 is 31.1 Å². The van der Waals surface area contributed by atoms with Gasteiger partial charge in [-0.05, 0) is 17.7 Å². The van der Waals surface area contributed by atoms with E-state index in [1.54, 1.807) is 12.4 Å². The highest BCUT2D eigenvalue weighted by atomic mass is 16.6. The van der Waals surface area contributed by atoms with E-state index in [1.165, 1.54) is 10.9 Å². The number of nitrogen functional groups attached to an aromatic ring is 1. The van der Waals surface area contributed by atoms with Gasteiger partial charge in [0.25, 0.3) is 5.95 Å². The molecule has 3 aromatic rings. The molecule has 0 bridgehead atoms. The number of nitrogens with two attached hydrogens (primary N) is 1. The average molecular weight is 386 g/mol. The molecule has 0 aromatic carbocycles. The molecule has 4 rings (SSSR count). The van der Waals surface area contributed by atoms with Gasteiger partial charge in [0.15, 0.2) is 17.7 Å². The van der Waals surface area contributed by atoms with E-state index in [0.29, 0.717) is 12.1 Å². The van der Waals surface area contributed by atoms with Crippen LogP contribution in [0, 0.1) is 0 Å². The van der Waals surface area contributed by atoms with Crippen molar-refractivity contribution in [2.75, 3.05) is 12.3 Å². The van der Waals surface area contributed by atoms with Crippen LogP contribution in [-0.4, -0.2) is 64.7 Å². The number of hydrogen-bond donors (Lipinski definition) is 4. The van der Waals surface area contributed by atoms with E-state index in [1.807, 2.05) is 12.1 Å². The van der Waals surface area contributed by atoms with Gasteiger partial charge in [-0.3, -0.25) is 9.55 Å². The van der Waals surface area contributed by atoms with Crippen molar-refractivity contribution in [3.8, 4) is 0 Å². The van der Waals surface area contributed by atoms with E-state index in [2.05, 4.69) is 30.2 Å². The number of nitrogens with zero attached hydrogens (tertiary/aromatic N) is 7. The van der Waals surface area contributed by atoms with E-state index >= 15 is 0 Å². The van der Waals surface area contributed by atoms with E-state index in [4.69, 9.17) is 10.5 Å². The SMILES string of the molecule is Nc1nc(N=NCc2ccncc2)nc2c1ncn2C1O[C@H](CO)[C@@H](O)[C@H]1O. The largest absolute Gasteiger partial charge is 0.394 e. The maximum Gasteiger partial charge on any atom is 0.272 e. The smallest absolute Gasteiger partial charge is 0.272 e. The fraction of sp³-hybridized carbons (Fsp3) is 0.375. The number of anilines is 1. The summed E-state index contributed by atoms with van der Waals surface area (Å²) in [6.45, 7) is -0.120. The van der Waals surface area contributed by atoms with Crippen LogP contribution in [0.5, 0.6) is 0 Å². The third-order valence-electron chi connectivity index (χ3n) is 4.39. The maximum absolute atomic E-state index is 10.2. The Balaban J connectivity index is 1.63. The van der Waals surface area contributed by atoms with E-state index in [0.717, 1.165) is 5.56 Å². The number of ether oxygens (including phenoxy) is 1. The second-order valence-electron chi connectivity index (χ2n) is 6.22. The summed E-state index contributed by atoms with van der Waals surface area (Å²) in [5, 5.41) is 37.5. The van der Waals surface area contributed by atoms with E-state index in [9.17, 15) is 15.3 Å². The number of pyridine rings is 1. The van der Waals surface area contributed by atoms with Gasteiger partial charge in [-0.15, -0.1) is 5.11 Å². The fourth-order valence-electron chi connectivity index (χ4n) is 2.94. The zero-order chi connectivity index (χ0) is 19.7. The highest BCUT2D eigenvalue weighted by Crippen LogP contribution is 2.32. The zero-order valence-corrected chi connectivity index (χ0v) is 14.6. The van der Waals surface area contributed by atoms with Gasteiger partial charge in [0.2, 0.25) is 0 Å². The number of rotatable bonds is 5. The number of aromatic nitrogens is 5. The summed E-state index contributed by atoms with van der Waals surface area (Å²) in [7, 11) is 0. The number of azo groups is 1. The Kier molecular flexibility index (Phi) is 4.92. The Morgan fingerprint density at radius 1 is 1.18 bits per heavy atom. The molecule has 4 atom stereocenters. The minimum atomic E-state index is -1.28. The van der Waals surface area contributed by atoms with Crippen LogP contribution < -0.4 is 5.73 Å². The van der Waals surface area contributed by atoms with Gasteiger partial charge in [-0.1, -0.05) is 0 Å². The van der Waals surface area contributed by atoms with Gasteiger partial charge in [0.1, 0.15) is 23.8 Å². The molecule has 0 radical (unpaired) electrons.